The van der Waals surface area contributed by atoms with Crippen molar-refractivity contribution in [2.75, 3.05) is 0 Å². The van der Waals surface area contributed by atoms with Crippen LogP contribution in [0.25, 0.3) is 50.5 Å². The highest BCUT2D eigenvalue weighted by molar-refractivity contribution is 5.83. The monoisotopic (exact) mass is 479 g/mol. The molecule has 3 aromatic carbocycles. The minimum atomic E-state index is -0.0435. The van der Waals surface area contributed by atoms with Gasteiger partial charge < -0.3 is 0 Å². The van der Waals surface area contributed by atoms with Crippen LogP contribution in [0.15, 0.2) is 97.5 Å². The molecule has 7 rings (SSSR count). The first-order valence-corrected chi connectivity index (χ1v) is 12.5. The summed E-state index contributed by atoms with van der Waals surface area (Å²) in [5.74, 6) is 0.734. The molecule has 0 amide bonds. The van der Waals surface area contributed by atoms with Crippen molar-refractivity contribution in [2.45, 2.75) is 26.2 Å². The molecular formula is C32H25N5. The van der Waals surface area contributed by atoms with Gasteiger partial charge in [-0.3, -0.25) is 0 Å². The lowest BCUT2D eigenvalue weighted by molar-refractivity contribution is 0.660. The molecule has 0 saturated heterocycles. The summed E-state index contributed by atoms with van der Waals surface area (Å²) in [5.41, 5.74) is 12.4. The fraction of sp³-hybridized carbons (Fsp3) is 0.125. The van der Waals surface area contributed by atoms with Crippen LogP contribution in [0.3, 0.4) is 0 Å². The Balaban J connectivity index is 1.25. The van der Waals surface area contributed by atoms with Gasteiger partial charge in [0.25, 0.3) is 0 Å². The molecule has 1 aliphatic carbocycles. The Hall–Kier alpha value is -4.64. The highest BCUT2D eigenvalue weighted by atomic mass is 15.3. The van der Waals surface area contributed by atoms with E-state index in [9.17, 15) is 0 Å². The Kier molecular flexibility index (Phi) is 4.64. The number of rotatable bonds is 3. The van der Waals surface area contributed by atoms with E-state index in [1.54, 1.807) is 10.8 Å². The van der Waals surface area contributed by atoms with Gasteiger partial charge in [-0.25, -0.2) is 19.5 Å². The largest absolute Gasteiger partial charge is 0.233 e. The highest BCUT2D eigenvalue weighted by Crippen LogP contribution is 2.49. The zero-order chi connectivity index (χ0) is 25.1. The number of hydrogen-bond acceptors (Lipinski definition) is 4. The SMILES string of the molecule is Cc1cc(-c2ccc3c(c2)C(C)(C)c2ccccc2-3)nc(-c2ccc(-c3ccn4ncnc4c3)cc2)n1. The van der Waals surface area contributed by atoms with Gasteiger partial charge in [0.2, 0.25) is 0 Å². The van der Waals surface area contributed by atoms with Crippen molar-refractivity contribution >= 4 is 5.65 Å². The van der Waals surface area contributed by atoms with E-state index in [4.69, 9.17) is 9.97 Å². The summed E-state index contributed by atoms with van der Waals surface area (Å²) < 4.78 is 1.76. The van der Waals surface area contributed by atoms with Crippen LogP contribution in [0.4, 0.5) is 0 Å². The van der Waals surface area contributed by atoms with Crippen LogP contribution in [-0.4, -0.2) is 24.6 Å². The molecule has 3 aromatic heterocycles. The summed E-state index contributed by atoms with van der Waals surface area (Å²) in [7, 11) is 0. The fourth-order valence-corrected chi connectivity index (χ4v) is 5.52. The number of aryl methyl sites for hydroxylation is 1. The molecule has 0 atom stereocenters. The first-order chi connectivity index (χ1) is 18.0. The predicted octanol–water partition coefficient (Wildman–Crippen LogP) is 7.14. The van der Waals surface area contributed by atoms with Crippen LogP contribution in [0.5, 0.6) is 0 Å². The quantitative estimate of drug-likeness (QED) is 0.271. The first kappa shape index (κ1) is 21.6. The van der Waals surface area contributed by atoms with Crippen LogP contribution >= 0.6 is 0 Å². The fourth-order valence-electron chi connectivity index (χ4n) is 5.52. The molecule has 5 heteroatoms. The van der Waals surface area contributed by atoms with Crippen molar-refractivity contribution < 1.29 is 0 Å². The number of nitrogens with zero attached hydrogens (tertiary/aromatic N) is 5. The molecule has 0 unspecified atom stereocenters. The number of benzene rings is 3. The Bertz CT molecular complexity index is 1810. The van der Waals surface area contributed by atoms with E-state index in [0.717, 1.165) is 45.1 Å². The minimum Gasteiger partial charge on any atom is -0.233 e. The molecule has 3 heterocycles. The molecule has 37 heavy (non-hydrogen) atoms. The van der Waals surface area contributed by atoms with E-state index in [1.807, 2.05) is 25.3 Å². The molecule has 0 N–H and O–H groups in total. The predicted molar refractivity (Wildman–Crippen MR) is 147 cm³/mol. The third-order valence-electron chi connectivity index (χ3n) is 7.49. The molecular weight excluding hydrogens is 454 g/mol. The average molecular weight is 480 g/mol. The van der Waals surface area contributed by atoms with E-state index in [-0.39, 0.29) is 5.41 Å². The lowest BCUT2D eigenvalue weighted by Gasteiger charge is -2.22. The van der Waals surface area contributed by atoms with Crippen molar-refractivity contribution in [3.8, 4) is 44.9 Å². The van der Waals surface area contributed by atoms with Crippen molar-refractivity contribution in [3.63, 3.8) is 0 Å². The zero-order valence-electron chi connectivity index (χ0n) is 21.0. The molecule has 178 valence electrons. The second-order valence-electron chi connectivity index (χ2n) is 10.2. The maximum atomic E-state index is 5.00. The second kappa shape index (κ2) is 7.93. The van der Waals surface area contributed by atoms with Gasteiger partial charge in [0, 0.05) is 28.4 Å². The van der Waals surface area contributed by atoms with Crippen molar-refractivity contribution in [1.82, 2.24) is 24.6 Å². The topological polar surface area (TPSA) is 56.0 Å². The summed E-state index contributed by atoms with van der Waals surface area (Å²) in [6.07, 6.45) is 3.49. The third kappa shape index (κ3) is 3.46. The normalized spacial score (nSPS) is 13.5. The van der Waals surface area contributed by atoms with E-state index in [2.05, 4.69) is 96.7 Å². The van der Waals surface area contributed by atoms with Gasteiger partial charge in [0.15, 0.2) is 11.5 Å². The standard InChI is InChI=1S/C32H25N5/c1-20-16-29(24-12-13-26-25-6-4-5-7-27(25)32(2,3)28(26)17-24)36-31(35-20)22-10-8-21(9-11-22)23-14-15-37-30(18-23)33-19-34-37/h4-19H,1-3H3. The van der Waals surface area contributed by atoms with Crippen LogP contribution < -0.4 is 0 Å². The molecule has 5 nitrogen and oxygen atoms in total. The van der Waals surface area contributed by atoms with E-state index < -0.39 is 0 Å². The van der Waals surface area contributed by atoms with Gasteiger partial charge in [-0.2, -0.15) is 5.10 Å². The van der Waals surface area contributed by atoms with Gasteiger partial charge in [-0.1, -0.05) is 74.5 Å². The zero-order valence-corrected chi connectivity index (χ0v) is 21.0. The summed E-state index contributed by atoms with van der Waals surface area (Å²) in [6, 6.07) is 30.0. The van der Waals surface area contributed by atoms with Crippen LogP contribution in [-0.2, 0) is 5.41 Å². The van der Waals surface area contributed by atoms with E-state index in [0.29, 0.717) is 0 Å². The van der Waals surface area contributed by atoms with E-state index in [1.165, 1.54) is 22.3 Å². The molecule has 1 aliphatic rings. The molecule has 0 bridgehead atoms. The Labute approximate surface area is 215 Å². The summed E-state index contributed by atoms with van der Waals surface area (Å²) in [4.78, 5) is 14.1. The molecule has 0 aliphatic heterocycles. The highest BCUT2D eigenvalue weighted by Gasteiger charge is 2.35. The Morgan fingerprint density at radius 1 is 0.676 bits per heavy atom. The summed E-state index contributed by atoms with van der Waals surface area (Å²) in [6.45, 7) is 6.64. The van der Waals surface area contributed by atoms with Crippen LogP contribution in [0, 0.1) is 6.92 Å². The van der Waals surface area contributed by atoms with Crippen molar-refractivity contribution in [1.29, 1.82) is 0 Å². The Morgan fingerprint density at radius 3 is 2.30 bits per heavy atom. The number of aromatic nitrogens is 5. The maximum absolute atomic E-state index is 5.00. The number of pyridine rings is 1. The van der Waals surface area contributed by atoms with Crippen molar-refractivity contribution in [2.24, 2.45) is 0 Å². The smallest absolute Gasteiger partial charge is 0.160 e. The van der Waals surface area contributed by atoms with Gasteiger partial charge in [0.05, 0.1) is 5.69 Å². The number of fused-ring (bicyclic) bond motifs is 4. The van der Waals surface area contributed by atoms with Gasteiger partial charge in [0.1, 0.15) is 6.33 Å². The third-order valence-corrected chi connectivity index (χ3v) is 7.49. The Morgan fingerprint density at radius 2 is 1.43 bits per heavy atom. The molecule has 0 spiro atoms. The molecule has 0 saturated carbocycles. The van der Waals surface area contributed by atoms with Crippen LogP contribution in [0.1, 0.15) is 30.7 Å². The van der Waals surface area contributed by atoms with Gasteiger partial charge >= 0.3 is 0 Å². The summed E-state index contributed by atoms with van der Waals surface area (Å²) >= 11 is 0. The van der Waals surface area contributed by atoms with Gasteiger partial charge in [-0.15, -0.1) is 0 Å². The van der Waals surface area contributed by atoms with Crippen LogP contribution in [0.2, 0.25) is 0 Å². The molecule has 0 fully saturated rings. The maximum Gasteiger partial charge on any atom is 0.160 e. The summed E-state index contributed by atoms with van der Waals surface area (Å²) in [5, 5.41) is 4.18. The first-order valence-electron chi connectivity index (χ1n) is 12.5. The lowest BCUT2D eigenvalue weighted by atomic mass is 9.82. The van der Waals surface area contributed by atoms with Gasteiger partial charge in [-0.05, 0) is 64.6 Å². The second-order valence-corrected chi connectivity index (χ2v) is 10.2. The number of hydrogen-bond donors (Lipinski definition) is 0. The minimum absolute atomic E-state index is 0.0435. The molecule has 0 radical (unpaired) electrons. The average Bonchev–Trinajstić information content (AvgIpc) is 3.48. The van der Waals surface area contributed by atoms with Crippen molar-refractivity contribution in [3.05, 3.63) is 114 Å². The molecule has 6 aromatic rings. The van der Waals surface area contributed by atoms with E-state index >= 15 is 0 Å². The lowest BCUT2D eigenvalue weighted by Crippen LogP contribution is -2.14.